The van der Waals surface area contributed by atoms with E-state index in [1.807, 2.05) is 37.6 Å². The van der Waals surface area contributed by atoms with Gasteiger partial charge in [-0.1, -0.05) is 6.07 Å². The molecule has 2 aromatic rings. The molecule has 0 aliphatic heterocycles. The third-order valence-electron chi connectivity index (χ3n) is 2.77. The Bertz CT molecular complexity index is 510. The standard InChI is InChI=1S/C14H20N4O/c1-12-4-3-5-13(17-12)9-18-10-14(16-11-18)8-15-6-7-19-2/h3-5,10-11,15H,6-9H2,1-2H3. The van der Waals surface area contributed by atoms with Gasteiger partial charge in [0.05, 0.1) is 30.9 Å². The van der Waals surface area contributed by atoms with Gasteiger partial charge in [0, 0.05) is 32.1 Å². The van der Waals surface area contributed by atoms with E-state index in [0.29, 0.717) is 6.61 Å². The number of nitrogens with zero attached hydrogens (tertiary/aromatic N) is 3. The third-order valence-corrected chi connectivity index (χ3v) is 2.77. The molecule has 2 aromatic heterocycles. The summed E-state index contributed by atoms with van der Waals surface area (Å²) >= 11 is 0. The molecule has 5 nitrogen and oxygen atoms in total. The van der Waals surface area contributed by atoms with Crippen LogP contribution in [0.15, 0.2) is 30.7 Å². The lowest BCUT2D eigenvalue weighted by molar-refractivity contribution is 0.199. The molecule has 0 atom stereocenters. The molecule has 0 amide bonds. The van der Waals surface area contributed by atoms with E-state index in [1.165, 1.54) is 0 Å². The van der Waals surface area contributed by atoms with E-state index in [0.717, 1.165) is 36.7 Å². The Morgan fingerprint density at radius 2 is 2.21 bits per heavy atom. The first-order valence-corrected chi connectivity index (χ1v) is 6.41. The largest absolute Gasteiger partial charge is 0.383 e. The van der Waals surface area contributed by atoms with Crippen LogP contribution in [0.2, 0.25) is 0 Å². The number of aromatic nitrogens is 3. The van der Waals surface area contributed by atoms with Gasteiger partial charge in [-0.2, -0.15) is 0 Å². The monoisotopic (exact) mass is 260 g/mol. The minimum absolute atomic E-state index is 0.716. The van der Waals surface area contributed by atoms with Crippen LogP contribution in [0.1, 0.15) is 17.1 Å². The number of imidazole rings is 1. The first-order valence-electron chi connectivity index (χ1n) is 6.41. The Morgan fingerprint density at radius 3 is 3.00 bits per heavy atom. The second-order valence-corrected chi connectivity index (χ2v) is 4.48. The highest BCUT2D eigenvalue weighted by atomic mass is 16.5. The summed E-state index contributed by atoms with van der Waals surface area (Å²) in [7, 11) is 1.70. The van der Waals surface area contributed by atoms with Gasteiger partial charge < -0.3 is 14.6 Å². The van der Waals surface area contributed by atoms with Crippen molar-refractivity contribution >= 4 is 0 Å². The van der Waals surface area contributed by atoms with Crippen LogP contribution in [-0.4, -0.2) is 34.8 Å². The molecule has 0 aliphatic carbocycles. The summed E-state index contributed by atoms with van der Waals surface area (Å²) in [5, 5.41) is 3.27. The van der Waals surface area contributed by atoms with Crippen LogP contribution in [0.25, 0.3) is 0 Å². The molecule has 2 rings (SSSR count). The maximum atomic E-state index is 4.98. The van der Waals surface area contributed by atoms with Gasteiger partial charge in [-0.3, -0.25) is 4.98 Å². The van der Waals surface area contributed by atoms with E-state index in [4.69, 9.17) is 4.74 Å². The zero-order chi connectivity index (χ0) is 13.5. The van der Waals surface area contributed by atoms with Gasteiger partial charge in [0.2, 0.25) is 0 Å². The highest BCUT2D eigenvalue weighted by Crippen LogP contribution is 2.03. The minimum atomic E-state index is 0.716. The zero-order valence-corrected chi connectivity index (χ0v) is 11.5. The van der Waals surface area contributed by atoms with Gasteiger partial charge in [0.15, 0.2) is 0 Å². The van der Waals surface area contributed by atoms with E-state index in [9.17, 15) is 0 Å². The summed E-state index contributed by atoms with van der Waals surface area (Å²) in [6.45, 7) is 5.07. The number of hydrogen-bond acceptors (Lipinski definition) is 4. The van der Waals surface area contributed by atoms with Crippen molar-refractivity contribution in [2.75, 3.05) is 20.3 Å². The van der Waals surface area contributed by atoms with Crippen LogP contribution in [-0.2, 0) is 17.8 Å². The van der Waals surface area contributed by atoms with E-state index < -0.39 is 0 Å². The number of nitrogens with one attached hydrogen (secondary N) is 1. The van der Waals surface area contributed by atoms with Crippen LogP contribution in [0.4, 0.5) is 0 Å². The number of methoxy groups -OCH3 is 1. The fourth-order valence-corrected chi connectivity index (χ4v) is 1.85. The minimum Gasteiger partial charge on any atom is -0.383 e. The summed E-state index contributed by atoms with van der Waals surface area (Å²) in [6, 6.07) is 6.06. The van der Waals surface area contributed by atoms with Gasteiger partial charge in [0.1, 0.15) is 0 Å². The first-order chi connectivity index (χ1) is 9.28. The van der Waals surface area contributed by atoms with E-state index in [-0.39, 0.29) is 0 Å². The molecular formula is C14H20N4O. The smallest absolute Gasteiger partial charge is 0.0953 e. The molecule has 1 N–H and O–H groups in total. The first kappa shape index (κ1) is 13.7. The molecule has 0 bridgehead atoms. The summed E-state index contributed by atoms with van der Waals surface area (Å²) in [4.78, 5) is 8.85. The highest BCUT2D eigenvalue weighted by molar-refractivity contribution is 5.11. The number of pyridine rings is 1. The van der Waals surface area contributed by atoms with Crippen molar-refractivity contribution in [3.63, 3.8) is 0 Å². The summed E-state index contributed by atoms with van der Waals surface area (Å²) in [5.41, 5.74) is 3.12. The molecule has 0 spiro atoms. The topological polar surface area (TPSA) is 52.0 Å². The maximum Gasteiger partial charge on any atom is 0.0953 e. The van der Waals surface area contributed by atoms with Crippen molar-refractivity contribution in [2.24, 2.45) is 0 Å². The summed E-state index contributed by atoms with van der Waals surface area (Å²) in [6.07, 6.45) is 3.89. The van der Waals surface area contributed by atoms with Crippen LogP contribution in [0.5, 0.6) is 0 Å². The Balaban J connectivity index is 1.87. The van der Waals surface area contributed by atoms with Crippen molar-refractivity contribution in [3.05, 3.63) is 47.8 Å². The molecule has 0 saturated carbocycles. The molecule has 19 heavy (non-hydrogen) atoms. The number of ether oxygens (including phenoxy) is 1. The Hall–Kier alpha value is -1.72. The van der Waals surface area contributed by atoms with Crippen LogP contribution in [0, 0.1) is 6.92 Å². The zero-order valence-electron chi connectivity index (χ0n) is 11.5. The van der Waals surface area contributed by atoms with Crippen molar-refractivity contribution in [2.45, 2.75) is 20.0 Å². The van der Waals surface area contributed by atoms with E-state index in [1.54, 1.807) is 7.11 Å². The van der Waals surface area contributed by atoms with Gasteiger partial charge >= 0.3 is 0 Å². The van der Waals surface area contributed by atoms with Crippen molar-refractivity contribution in [3.8, 4) is 0 Å². The third kappa shape index (κ3) is 4.46. The van der Waals surface area contributed by atoms with Gasteiger partial charge in [-0.15, -0.1) is 0 Å². The average molecular weight is 260 g/mol. The van der Waals surface area contributed by atoms with Gasteiger partial charge in [-0.25, -0.2) is 4.98 Å². The Morgan fingerprint density at radius 1 is 1.32 bits per heavy atom. The quantitative estimate of drug-likeness (QED) is 0.764. The second kappa shape index (κ2) is 7.01. The molecule has 102 valence electrons. The molecule has 0 saturated heterocycles. The molecule has 0 radical (unpaired) electrons. The average Bonchev–Trinajstić information content (AvgIpc) is 2.82. The lowest BCUT2D eigenvalue weighted by atomic mass is 10.3. The molecule has 0 aromatic carbocycles. The van der Waals surface area contributed by atoms with Crippen molar-refractivity contribution < 1.29 is 4.74 Å². The van der Waals surface area contributed by atoms with Crippen molar-refractivity contribution in [1.29, 1.82) is 0 Å². The number of hydrogen-bond donors (Lipinski definition) is 1. The number of aryl methyl sites for hydroxylation is 1. The molecule has 2 heterocycles. The van der Waals surface area contributed by atoms with Gasteiger partial charge in [0.25, 0.3) is 0 Å². The normalized spacial score (nSPS) is 10.8. The fourth-order valence-electron chi connectivity index (χ4n) is 1.85. The predicted octanol–water partition coefficient (Wildman–Crippen LogP) is 1.37. The van der Waals surface area contributed by atoms with Crippen molar-refractivity contribution in [1.82, 2.24) is 19.9 Å². The fraction of sp³-hybridized carbons (Fsp3) is 0.429. The summed E-state index contributed by atoms with van der Waals surface area (Å²) < 4.78 is 7.03. The second-order valence-electron chi connectivity index (χ2n) is 4.48. The molecule has 5 heteroatoms. The van der Waals surface area contributed by atoms with Crippen LogP contribution in [0.3, 0.4) is 0 Å². The van der Waals surface area contributed by atoms with E-state index in [2.05, 4.69) is 19.9 Å². The highest BCUT2D eigenvalue weighted by Gasteiger charge is 2.00. The Labute approximate surface area is 113 Å². The van der Waals surface area contributed by atoms with E-state index >= 15 is 0 Å². The predicted molar refractivity (Wildman–Crippen MR) is 73.9 cm³/mol. The number of rotatable bonds is 7. The van der Waals surface area contributed by atoms with Gasteiger partial charge in [-0.05, 0) is 19.1 Å². The summed E-state index contributed by atoms with van der Waals surface area (Å²) in [5.74, 6) is 0. The lowest BCUT2D eigenvalue weighted by Gasteiger charge is -2.03. The van der Waals surface area contributed by atoms with Crippen LogP contribution >= 0.6 is 0 Å². The molecule has 0 fully saturated rings. The SMILES string of the molecule is COCCNCc1cn(Cc2cccc(C)n2)cn1. The maximum absolute atomic E-state index is 4.98. The lowest BCUT2D eigenvalue weighted by Crippen LogP contribution is -2.18. The molecule has 0 unspecified atom stereocenters. The molecule has 0 aliphatic rings. The van der Waals surface area contributed by atoms with Crippen LogP contribution < -0.4 is 5.32 Å². The Kier molecular flexibility index (Phi) is 5.06. The molecular weight excluding hydrogens is 240 g/mol.